The van der Waals surface area contributed by atoms with Gasteiger partial charge in [-0.25, -0.2) is 0 Å². The number of hydrogen-bond donors (Lipinski definition) is 2. The number of rotatable bonds is 4. The van der Waals surface area contributed by atoms with Gasteiger partial charge in [0.15, 0.2) is 0 Å². The standard InChI is InChI=1S/C13H22N2O/c14-11(9-3-4-9)8-15-12(16)10-7-13(10)5-1-2-6-13/h9-11H,1-8,14H2,(H,15,16). The van der Waals surface area contributed by atoms with Crippen LogP contribution in [0.4, 0.5) is 0 Å². The second-order valence-corrected chi connectivity index (χ2v) is 6.07. The van der Waals surface area contributed by atoms with E-state index in [2.05, 4.69) is 5.32 Å². The summed E-state index contributed by atoms with van der Waals surface area (Å²) in [7, 11) is 0. The zero-order valence-corrected chi connectivity index (χ0v) is 9.87. The molecule has 0 bridgehead atoms. The maximum atomic E-state index is 11.9. The molecule has 16 heavy (non-hydrogen) atoms. The van der Waals surface area contributed by atoms with Gasteiger partial charge in [0, 0.05) is 18.5 Å². The molecule has 3 heteroatoms. The molecule has 3 fully saturated rings. The highest BCUT2D eigenvalue weighted by molar-refractivity contribution is 5.82. The molecule has 3 aliphatic rings. The predicted molar refractivity (Wildman–Crippen MR) is 62.7 cm³/mol. The predicted octanol–water partition coefficient (Wildman–Crippen LogP) is 1.42. The summed E-state index contributed by atoms with van der Waals surface area (Å²) >= 11 is 0. The molecule has 0 aromatic carbocycles. The smallest absolute Gasteiger partial charge is 0.223 e. The lowest BCUT2D eigenvalue weighted by Crippen LogP contribution is -2.39. The number of hydrogen-bond acceptors (Lipinski definition) is 2. The van der Waals surface area contributed by atoms with Crippen molar-refractivity contribution in [2.75, 3.05) is 6.54 Å². The van der Waals surface area contributed by atoms with Crippen LogP contribution in [0, 0.1) is 17.3 Å². The van der Waals surface area contributed by atoms with Crippen molar-refractivity contribution in [2.24, 2.45) is 23.0 Å². The van der Waals surface area contributed by atoms with Crippen LogP contribution in [0.2, 0.25) is 0 Å². The zero-order valence-electron chi connectivity index (χ0n) is 9.87. The van der Waals surface area contributed by atoms with Crippen molar-refractivity contribution in [2.45, 2.75) is 51.0 Å². The molecule has 90 valence electrons. The van der Waals surface area contributed by atoms with Crippen LogP contribution in [0.15, 0.2) is 0 Å². The molecule has 2 unspecified atom stereocenters. The number of carbonyl (C=O) groups excluding carboxylic acids is 1. The SMILES string of the molecule is NC(CNC(=O)C1CC12CCCC2)C1CC1. The molecule has 0 saturated heterocycles. The maximum Gasteiger partial charge on any atom is 0.223 e. The molecule has 0 aliphatic heterocycles. The zero-order chi connectivity index (χ0) is 11.2. The van der Waals surface area contributed by atoms with Gasteiger partial charge < -0.3 is 11.1 Å². The van der Waals surface area contributed by atoms with Crippen LogP contribution in [0.1, 0.15) is 44.9 Å². The Morgan fingerprint density at radius 2 is 2.06 bits per heavy atom. The van der Waals surface area contributed by atoms with Gasteiger partial charge in [0.05, 0.1) is 0 Å². The maximum absolute atomic E-state index is 11.9. The molecular weight excluding hydrogens is 200 g/mol. The fourth-order valence-electron chi connectivity index (χ4n) is 3.38. The molecule has 3 rings (SSSR count). The van der Waals surface area contributed by atoms with Gasteiger partial charge in [0.2, 0.25) is 5.91 Å². The first-order valence-corrected chi connectivity index (χ1v) is 6.75. The van der Waals surface area contributed by atoms with Crippen LogP contribution < -0.4 is 11.1 Å². The molecule has 1 spiro atoms. The molecule has 0 aromatic heterocycles. The highest BCUT2D eigenvalue weighted by atomic mass is 16.2. The molecule has 2 atom stereocenters. The highest BCUT2D eigenvalue weighted by Crippen LogP contribution is 2.62. The van der Waals surface area contributed by atoms with Crippen molar-refractivity contribution in [3.63, 3.8) is 0 Å². The van der Waals surface area contributed by atoms with E-state index in [0.29, 0.717) is 23.8 Å². The fraction of sp³-hybridized carbons (Fsp3) is 0.923. The van der Waals surface area contributed by atoms with Gasteiger partial charge in [-0.15, -0.1) is 0 Å². The number of carbonyl (C=O) groups is 1. The van der Waals surface area contributed by atoms with E-state index in [-0.39, 0.29) is 11.9 Å². The van der Waals surface area contributed by atoms with Gasteiger partial charge in [-0.3, -0.25) is 4.79 Å². The van der Waals surface area contributed by atoms with Gasteiger partial charge in [0.25, 0.3) is 0 Å². The van der Waals surface area contributed by atoms with E-state index in [1.54, 1.807) is 0 Å². The van der Waals surface area contributed by atoms with Gasteiger partial charge in [-0.2, -0.15) is 0 Å². The van der Waals surface area contributed by atoms with Crippen LogP contribution in [0.25, 0.3) is 0 Å². The van der Waals surface area contributed by atoms with E-state index in [1.165, 1.54) is 38.5 Å². The summed E-state index contributed by atoms with van der Waals surface area (Å²) in [6.07, 6.45) is 8.85. The number of amides is 1. The summed E-state index contributed by atoms with van der Waals surface area (Å²) in [6.45, 7) is 0.691. The van der Waals surface area contributed by atoms with Crippen molar-refractivity contribution in [3.8, 4) is 0 Å². The summed E-state index contributed by atoms with van der Waals surface area (Å²) < 4.78 is 0. The van der Waals surface area contributed by atoms with E-state index in [9.17, 15) is 4.79 Å². The van der Waals surface area contributed by atoms with Crippen molar-refractivity contribution in [1.82, 2.24) is 5.32 Å². The quantitative estimate of drug-likeness (QED) is 0.756. The van der Waals surface area contributed by atoms with Gasteiger partial charge in [-0.05, 0) is 43.4 Å². The van der Waals surface area contributed by atoms with E-state index in [1.807, 2.05) is 0 Å². The summed E-state index contributed by atoms with van der Waals surface area (Å²) in [5, 5.41) is 3.05. The third-order valence-corrected chi connectivity index (χ3v) is 4.85. The van der Waals surface area contributed by atoms with Crippen LogP contribution >= 0.6 is 0 Å². The molecule has 3 aliphatic carbocycles. The lowest BCUT2D eigenvalue weighted by atomic mass is 10.0. The summed E-state index contributed by atoms with van der Waals surface area (Å²) in [5.74, 6) is 1.28. The third-order valence-electron chi connectivity index (χ3n) is 4.85. The molecule has 3 saturated carbocycles. The highest BCUT2D eigenvalue weighted by Gasteiger charge is 2.58. The largest absolute Gasteiger partial charge is 0.354 e. The van der Waals surface area contributed by atoms with Crippen LogP contribution in [0.3, 0.4) is 0 Å². The minimum atomic E-state index is 0.197. The summed E-state index contributed by atoms with van der Waals surface area (Å²) in [6, 6.07) is 0.197. The first-order chi connectivity index (χ1) is 7.71. The number of nitrogens with one attached hydrogen (secondary N) is 1. The monoisotopic (exact) mass is 222 g/mol. The molecule has 3 nitrogen and oxygen atoms in total. The fourth-order valence-corrected chi connectivity index (χ4v) is 3.38. The first kappa shape index (κ1) is 10.6. The molecule has 1 amide bonds. The third kappa shape index (κ3) is 1.86. The van der Waals surface area contributed by atoms with Crippen molar-refractivity contribution in [1.29, 1.82) is 0 Å². The number of nitrogens with two attached hydrogens (primary N) is 1. The molecule has 0 heterocycles. The summed E-state index contributed by atoms with van der Waals surface area (Å²) in [5.41, 5.74) is 6.40. The van der Waals surface area contributed by atoms with Crippen molar-refractivity contribution < 1.29 is 4.79 Å². The molecular formula is C13H22N2O. The topological polar surface area (TPSA) is 55.1 Å². The second kappa shape index (κ2) is 3.73. The van der Waals surface area contributed by atoms with E-state index in [0.717, 1.165) is 6.42 Å². The summed E-state index contributed by atoms with van der Waals surface area (Å²) in [4.78, 5) is 11.9. The van der Waals surface area contributed by atoms with Crippen LogP contribution in [-0.4, -0.2) is 18.5 Å². The van der Waals surface area contributed by atoms with E-state index >= 15 is 0 Å². The Labute approximate surface area is 97.2 Å². The lowest BCUT2D eigenvalue weighted by molar-refractivity contribution is -0.123. The van der Waals surface area contributed by atoms with Crippen molar-refractivity contribution in [3.05, 3.63) is 0 Å². The Morgan fingerprint density at radius 1 is 1.38 bits per heavy atom. The molecule has 0 aromatic rings. The first-order valence-electron chi connectivity index (χ1n) is 6.75. The average molecular weight is 222 g/mol. The van der Waals surface area contributed by atoms with Crippen molar-refractivity contribution >= 4 is 5.91 Å². The minimum absolute atomic E-state index is 0.197. The van der Waals surface area contributed by atoms with Gasteiger partial charge >= 0.3 is 0 Å². The minimum Gasteiger partial charge on any atom is -0.354 e. The van der Waals surface area contributed by atoms with Gasteiger partial charge in [-0.1, -0.05) is 12.8 Å². The second-order valence-electron chi connectivity index (χ2n) is 6.07. The Hall–Kier alpha value is -0.570. The Kier molecular flexibility index (Phi) is 2.46. The normalized spacial score (nSPS) is 32.7. The molecule has 3 N–H and O–H groups in total. The van der Waals surface area contributed by atoms with Gasteiger partial charge in [0.1, 0.15) is 0 Å². The lowest BCUT2D eigenvalue weighted by Gasteiger charge is -2.13. The van der Waals surface area contributed by atoms with E-state index in [4.69, 9.17) is 5.73 Å². The van der Waals surface area contributed by atoms with Crippen LogP contribution in [-0.2, 0) is 4.79 Å². The Morgan fingerprint density at radius 3 is 2.69 bits per heavy atom. The Bertz CT molecular complexity index is 292. The van der Waals surface area contributed by atoms with Crippen LogP contribution in [0.5, 0.6) is 0 Å². The Balaban J connectivity index is 1.44. The molecule has 0 radical (unpaired) electrons. The van der Waals surface area contributed by atoms with E-state index < -0.39 is 0 Å². The average Bonchev–Trinajstić information content (AvgIpc) is 3.13.